The lowest BCUT2D eigenvalue weighted by Crippen LogP contribution is -2.40. The fraction of sp³-hybridized carbons (Fsp3) is 0.350. The van der Waals surface area contributed by atoms with Crippen molar-refractivity contribution >= 4 is 11.8 Å². The largest absolute Gasteiger partial charge is 0.497 e. The quantitative estimate of drug-likeness (QED) is 0.860. The van der Waals surface area contributed by atoms with Crippen LogP contribution in [0.25, 0.3) is 0 Å². The third-order valence-corrected chi connectivity index (χ3v) is 4.93. The Morgan fingerprint density at radius 1 is 1.20 bits per heavy atom. The van der Waals surface area contributed by atoms with Gasteiger partial charge in [-0.3, -0.25) is 9.80 Å². The molecule has 1 saturated heterocycles. The van der Waals surface area contributed by atoms with Crippen molar-refractivity contribution in [3.8, 4) is 5.75 Å². The van der Waals surface area contributed by atoms with Crippen LogP contribution in [0.3, 0.4) is 0 Å². The van der Waals surface area contributed by atoms with Gasteiger partial charge in [-0.15, -0.1) is 0 Å². The number of hydrogen-bond donors (Lipinski definition) is 0. The lowest BCUT2D eigenvalue weighted by molar-refractivity contribution is 0.177. The molecule has 2 aromatic rings. The third-order valence-electron chi connectivity index (χ3n) is 4.93. The monoisotopic (exact) mass is 338 g/mol. The van der Waals surface area contributed by atoms with Gasteiger partial charge >= 0.3 is 6.09 Å². The smallest absolute Gasteiger partial charge is 0.414 e. The van der Waals surface area contributed by atoms with Crippen molar-refractivity contribution in [3.63, 3.8) is 0 Å². The predicted octanol–water partition coefficient (Wildman–Crippen LogP) is 3.43. The van der Waals surface area contributed by atoms with E-state index in [2.05, 4.69) is 29.2 Å². The number of carbonyl (C=O) groups excluding carboxylic acids is 1. The molecule has 0 spiro atoms. The summed E-state index contributed by atoms with van der Waals surface area (Å²) in [5, 5.41) is 0. The number of anilines is 1. The summed E-state index contributed by atoms with van der Waals surface area (Å²) in [6.45, 7) is 3.05. The molecule has 25 heavy (non-hydrogen) atoms. The SMILES string of the molecule is COc1ccc2c(c1)CN(Cc1ccccc1)CCC1COC(=O)N21. The van der Waals surface area contributed by atoms with E-state index < -0.39 is 0 Å². The molecular weight excluding hydrogens is 316 g/mol. The summed E-state index contributed by atoms with van der Waals surface area (Å²) >= 11 is 0. The van der Waals surface area contributed by atoms with Crippen LogP contribution in [0.2, 0.25) is 0 Å². The summed E-state index contributed by atoms with van der Waals surface area (Å²) in [4.78, 5) is 16.5. The normalized spacial score (nSPS) is 20.3. The van der Waals surface area contributed by atoms with Crippen molar-refractivity contribution in [3.05, 3.63) is 59.7 Å². The highest BCUT2D eigenvalue weighted by Crippen LogP contribution is 2.34. The summed E-state index contributed by atoms with van der Waals surface area (Å²) in [5.41, 5.74) is 3.33. The van der Waals surface area contributed by atoms with Crippen molar-refractivity contribution in [2.24, 2.45) is 0 Å². The predicted molar refractivity (Wildman–Crippen MR) is 95.8 cm³/mol. The Morgan fingerprint density at radius 3 is 2.84 bits per heavy atom. The molecule has 0 aliphatic carbocycles. The molecule has 0 saturated carbocycles. The number of carbonyl (C=O) groups is 1. The Hall–Kier alpha value is -2.53. The maximum Gasteiger partial charge on any atom is 0.414 e. The second-order valence-electron chi connectivity index (χ2n) is 6.58. The Bertz CT molecular complexity index is 763. The number of ether oxygens (including phenoxy) is 2. The molecule has 1 fully saturated rings. The van der Waals surface area contributed by atoms with Crippen LogP contribution < -0.4 is 9.64 Å². The molecule has 0 aromatic heterocycles. The molecule has 1 unspecified atom stereocenters. The number of methoxy groups -OCH3 is 1. The summed E-state index contributed by atoms with van der Waals surface area (Å²) in [6.07, 6.45) is 0.664. The van der Waals surface area contributed by atoms with E-state index in [1.807, 2.05) is 29.2 Å². The zero-order valence-electron chi connectivity index (χ0n) is 14.4. The summed E-state index contributed by atoms with van der Waals surface area (Å²) in [7, 11) is 1.67. The summed E-state index contributed by atoms with van der Waals surface area (Å²) in [5.74, 6) is 0.808. The minimum absolute atomic E-state index is 0.0956. The maximum atomic E-state index is 12.2. The van der Waals surface area contributed by atoms with Gasteiger partial charge in [0, 0.05) is 19.6 Å². The van der Waals surface area contributed by atoms with Gasteiger partial charge in [-0.2, -0.15) is 0 Å². The number of rotatable bonds is 3. The Kier molecular flexibility index (Phi) is 4.32. The zero-order chi connectivity index (χ0) is 17.2. The van der Waals surface area contributed by atoms with Crippen molar-refractivity contribution in [2.45, 2.75) is 25.6 Å². The average molecular weight is 338 g/mol. The molecule has 5 heteroatoms. The van der Waals surface area contributed by atoms with Crippen molar-refractivity contribution in [1.82, 2.24) is 4.90 Å². The van der Waals surface area contributed by atoms with Crippen LogP contribution in [-0.4, -0.2) is 37.3 Å². The number of hydrogen-bond acceptors (Lipinski definition) is 4. The summed E-state index contributed by atoms with van der Waals surface area (Å²) < 4.78 is 10.7. The fourth-order valence-electron chi connectivity index (χ4n) is 3.65. The molecule has 2 heterocycles. The second-order valence-corrected chi connectivity index (χ2v) is 6.58. The molecule has 2 aliphatic rings. The molecule has 5 nitrogen and oxygen atoms in total. The van der Waals surface area contributed by atoms with E-state index in [1.165, 1.54) is 5.56 Å². The van der Waals surface area contributed by atoms with Gasteiger partial charge in [0.05, 0.1) is 18.8 Å². The van der Waals surface area contributed by atoms with Crippen molar-refractivity contribution < 1.29 is 14.3 Å². The van der Waals surface area contributed by atoms with Gasteiger partial charge in [-0.1, -0.05) is 30.3 Å². The highest BCUT2D eigenvalue weighted by Gasteiger charge is 2.37. The first-order chi connectivity index (χ1) is 12.2. The number of cyclic esters (lactones) is 1. The van der Waals surface area contributed by atoms with E-state index in [-0.39, 0.29) is 12.1 Å². The molecule has 4 rings (SSSR count). The third kappa shape index (κ3) is 3.20. The molecule has 0 N–H and O–H groups in total. The summed E-state index contributed by atoms with van der Waals surface area (Å²) in [6, 6.07) is 16.5. The molecule has 0 radical (unpaired) electrons. The van der Waals surface area contributed by atoms with Crippen LogP contribution in [-0.2, 0) is 17.8 Å². The minimum Gasteiger partial charge on any atom is -0.497 e. The molecule has 2 aromatic carbocycles. The molecule has 0 bridgehead atoms. The van der Waals surface area contributed by atoms with Gasteiger partial charge in [0.15, 0.2) is 0 Å². The van der Waals surface area contributed by atoms with Crippen LogP contribution in [0, 0.1) is 0 Å². The van der Waals surface area contributed by atoms with Crippen LogP contribution in [0.4, 0.5) is 10.5 Å². The van der Waals surface area contributed by atoms with Crippen LogP contribution >= 0.6 is 0 Å². The maximum absolute atomic E-state index is 12.2. The van der Waals surface area contributed by atoms with E-state index in [0.717, 1.165) is 43.1 Å². The molecule has 1 amide bonds. The first-order valence-electron chi connectivity index (χ1n) is 8.64. The van der Waals surface area contributed by atoms with Crippen LogP contribution in [0.1, 0.15) is 17.5 Å². The van der Waals surface area contributed by atoms with Gasteiger partial charge < -0.3 is 9.47 Å². The van der Waals surface area contributed by atoms with Crippen LogP contribution in [0.5, 0.6) is 5.75 Å². The number of fused-ring (bicyclic) bond motifs is 3. The molecule has 2 aliphatic heterocycles. The Morgan fingerprint density at radius 2 is 2.04 bits per heavy atom. The lowest BCUT2D eigenvalue weighted by atomic mass is 10.0. The molecular formula is C20H22N2O3. The van der Waals surface area contributed by atoms with Crippen LogP contribution in [0.15, 0.2) is 48.5 Å². The first-order valence-corrected chi connectivity index (χ1v) is 8.64. The average Bonchev–Trinajstić information content (AvgIpc) is 2.99. The molecule has 130 valence electrons. The number of amides is 1. The van der Waals surface area contributed by atoms with E-state index >= 15 is 0 Å². The topological polar surface area (TPSA) is 42.0 Å². The van der Waals surface area contributed by atoms with Gasteiger partial charge in [-0.25, -0.2) is 4.79 Å². The highest BCUT2D eigenvalue weighted by atomic mass is 16.6. The van der Waals surface area contributed by atoms with E-state index in [1.54, 1.807) is 7.11 Å². The minimum atomic E-state index is -0.243. The van der Waals surface area contributed by atoms with E-state index in [0.29, 0.717) is 6.61 Å². The van der Waals surface area contributed by atoms with Gasteiger partial charge in [0.2, 0.25) is 0 Å². The van der Waals surface area contributed by atoms with E-state index in [4.69, 9.17) is 9.47 Å². The Balaban J connectivity index is 1.67. The highest BCUT2D eigenvalue weighted by molar-refractivity contribution is 5.91. The zero-order valence-corrected chi connectivity index (χ0v) is 14.4. The van der Waals surface area contributed by atoms with E-state index in [9.17, 15) is 4.79 Å². The standard InChI is InChI=1S/C20H22N2O3/c1-24-18-7-8-19-16(11-18)13-21(12-15-5-3-2-4-6-15)10-9-17-14-25-20(23)22(17)19/h2-8,11,17H,9-10,12-14H2,1H3. The van der Waals surface area contributed by atoms with Crippen molar-refractivity contribution in [2.75, 3.05) is 25.2 Å². The molecule has 1 atom stereocenters. The van der Waals surface area contributed by atoms with Gasteiger partial charge in [0.25, 0.3) is 0 Å². The van der Waals surface area contributed by atoms with Crippen molar-refractivity contribution in [1.29, 1.82) is 0 Å². The second kappa shape index (κ2) is 6.76. The Labute approximate surface area is 147 Å². The lowest BCUT2D eigenvalue weighted by Gasteiger charge is -2.32. The number of benzene rings is 2. The van der Waals surface area contributed by atoms with Gasteiger partial charge in [-0.05, 0) is 35.7 Å². The fourth-order valence-corrected chi connectivity index (χ4v) is 3.65. The van der Waals surface area contributed by atoms with Gasteiger partial charge in [0.1, 0.15) is 12.4 Å². The first kappa shape index (κ1) is 16.0. The number of nitrogens with zero attached hydrogens (tertiary/aromatic N) is 2.